The summed E-state index contributed by atoms with van der Waals surface area (Å²) in [5.41, 5.74) is 1.89. The molecule has 1 atom stereocenters. The van der Waals surface area contributed by atoms with Gasteiger partial charge in [0.25, 0.3) is 0 Å². The van der Waals surface area contributed by atoms with E-state index < -0.39 is 0 Å². The number of benzene rings is 1. The fraction of sp³-hybridized carbons (Fsp3) is 0.417. The van der Waals surface area contributed by atoms with E-state index >= 15 is 0 Å². The molecule has 1 unspecified atom stereocenters. The first kappa shape index (κ1) is 10.9. The van der Waals surface area contributed by atoms with E-state index in [4.69, 9.17) is 11.6 Å². The molecule has 1 fully saturated rings. The van der Waals surface area contributed by atoms with Gasteiger partial charge in [-0.15, -0.1) is 0 Å². The van der Waals surface area contributed by atoms with E-state index in [2.05, 4.69) is 10.2 Å². The Morgan fingerprint density at radius 1 is 1.47 bits per heavy atom. The minimum atomic E-state index is 0.123. The number of para-hydroxylation sites is 1. The van der Waals surface area contributed by atoms with Crippen LogP contribution in [0, 0.1) is 0 Å². The van der Waals surface area contributed by atoms with Crippen LogP contribution < -0.4 is 15.1 Å². The van der Waals surface area contributed by atoms with Crippen molar-refractivity contribution in [2.24, 2.45) is 0 Å². The van der Waals surface area contributed by atoms with Gasteiger partial charge in [0.1, 0.15) is 0 Å². The molecule has 4 nitrogen and oxygen atoms in total. The molecule has 5 heteroatoms. The van der Waals surface area contributed by atoms with Crippen molar-refractivity contribution in [2.75, 3.05) is 36.5 Å². The fourth-order valence-corrected chi connectivity index (χ4v) is 3.00. The van der Waals surface area contributed by atoms with Gasteiger partial charge in [-0.1, -0.05) is 17.7 Å². The van der Waals surface area contributed by atoms with Crippen molar-refractivity contribution in [1.29, 1.82) is 0 Å². The lowest BCUT2D eigenvalue weighted by Crippen LogP contribution is -2.61. The van der Waals surface area contributed by atoms with Crippen molar-refractivity contribution in [3.63, 3.8) is 0 Å². The Morgan fingerprint density at radius 3 is 3.12 bits per heavy atom. The quantitative estimate of drug-likeness (QED) is 0.750. The van der Waals surface area contributed by atoms with Crippen LogP contribution in [0.5, 0.6) is 0 Å². The number of hydrogen-bond donors (Lipinski definition) is 1. The zero-order chi connectivity index (χ0) is 12.0. The molecule has 2 heterocycles. The average Bonchev–Trinajstić information content (AvgIpc) is 2.28. The summed E-state index contributed by atoms with van der Waals surface area (Å²) < 4.78 is 0. The monoisotopic (exact) mass is 251 g/mol. The number of nitrogens with one attached hydrogen (secondary N) is 1. The zero-order valence-corrected chi connectivity index (χ0v) is 10.4. The lowest BCUT2D eigenvalue weighted by molar-refractivity contribution is -0.119. The Bertz CT molecular complexity index is 477. The van der Waals surface area contributed by atoms with Gasteiger partial charge in [-0.25, -0.2) is 0 Å². The predicted octanol–water partition coefficient (Wildman–Crippen LogP) is 1.09. The van der Waals surface area contributed by atoms with Gasteiger partial charge in [-0.05, 0) is 12.1 Å². The van der Waals surface area contributed by atoms with Crippen LogP contribution in [0.3, 0.4) is 0 Å². The molecule has 1 amide bonds. The van der Waals surface area contributed by atoms with E-state index in [1.165, 1.54) is 0 Å². The molecule has 2 aliphatic heterocycles. The fourth-order valence-electron chi connectivity index (χ4n) is 2.69. The molecule has 90 valence electrons. The van der Waals surface area contributed by atoms with E-state index in [9.17, 15) is 4.79 Å². The van der Waals surface area contributed by atoms with E-state index in [1.54, 1.807) is 0 Å². The third kappa shape index (κ3) is 1.59. The van der Waals surface area contributed by atoms with Crippen LogP contribution in [0.2, 0.25) is 5.02 Å². The van der Waals surface area contributed by atoms with Gasteiger partial charge in [-0.3, -0.25) is 4.79 Å². The van der Waals surface area contributed by atoms with E-state index in [1.807, 2.05) is 30.1 Å². The van der Waals surface area contributed by atoms with Crippen molar-refractivity contribution in [3.05, 3.63) is 23.2 Å². The number of piperazine rings is 1. The first-order valence-corrected chi connectivity index (χ1v) is 6.08. The summed E-state index contributed by atoms with van der Waals surface area (Å²) in [4.78, 5) is 16.0. The van der Waals surface area contributed by atoms with Gasteiger partial charge >= 0.3 is 0 Å². The van der Waals surface area contributed by atoms with Crippen molar-refractivity contribution in [3.8, 4) is 0 Å². The summed E-state index contributed by atoms with van der Waals surface area (Å²) in [6.07, 6.45) is 0. The Hall–Kier alpha value is -1.26. The molecule has 3 rings (SSSR count). The molecule has 2 aliphatic rings. The largest absolute Gasteiger partial charge is 0.370 e. The smallest absolute Gasteiger partial charge is 0.241 e. The lowest BCUT2D eigenvalue weighted by Gasteiger charge is -2.44. The molecule has 0 spiro atoms. The van der Waals surface area contributed by atoms with E-state index in [0.717, 1.165) is 24.5 Å². The third-order valence-corrected chi connectivity index (χ3v) is 3.69. The van der Waals surface area contributed by atoms with E-state index in [-0.39, 0.29) is 11.9 Å². The molecule has 1 aromatic carbocycles. The number of rotatable bonds is 0. The minimum Gasteiger partial charge on any atom is -0.370 e. The van der Waals surface area contributed by atoms with Crippen molar-refractivity contribution < 1.29 is 4.79 Å². The Balaban J connectivity index is 2.14. The first-order chi connectivity index (χ1) is 8.18. The van der Waals surface area contributed by atoms with Gasteiger partial charge in [-0.2, -0.15) is 0 Å². The van der Waals surface area contributed by atoms with Gasteiger partial charge < -0.3 is 15.1 Å². The summed E-state index contributed by atoms with van der Waals surface area (Å²) in [5, 5.41) is 3.85. The molecule has 0 aromatic heterocycles. The number of halogens is 1. The van der Waals surface area contributed by atoms with Crippen LogP contribution in [0.15, 0.2) is 18.2 Å². The second-order valence-electron chi connectivity index (χ2n) is 4.54. The number of carbonyl (C=O) groups is 1. The highest BCUT2D eigenvalue weighted by atomic mass is 35.5. The minimum absolute atomic E-state index is 0.123. The maximum absolute atomic E-state index is 12.0. The lowest BCUT2D eigenvalue weighted by atomic mass is 10.1. The van der Waals surface area contributed by atoms with Crippen molar-refractivity contribution in [2.45, 2.75) is 6.04 Å². The first-order valence-electron chi connectivity index (χ1n) is 5.71. The van der Waals surface area contributed by atoms with E-state index in [0.29, 0.717) is 11.6 Å². The van der Waals surface area contributed by atoms with Gasteiger partial charge in [0, 0.05) is 20.1 Å². The van der Waals surface area contributed by atoms with Crippen molar-refractivity contribution in [1.82, 2.24) is 5.32 Å². The molecule has 1 N–H and O–H groups in total. The number of nitrogens with zero attached hydrogens (tertiary/aromatic N) is 2. The van der Waals surface area contributed by atoms with Crippen LogP contribution in [-0.2, 0) is 4.79 Å². The SMILES string of the molecule is CN1CC2CNCC(=O)N2c2cccc(Cl)c21. The molecule has 0 bridgehead atoms. The number of fused-ring (bicyclic) bond motifs is 3. The maximum atomic E-state index is 12.0. The molecular weight excluding hydrogens is 238 g/mol. The number of amides is 1. The summed E-state index contributed by atoms with van der Waals surface area (Å²) in [6, 6.07) is 5.93. The average molecular weight is 252 g/mol. The number of carbonyl (C=O) groups excluding carboxylic acids is 1. The van der Waals surface area contributed by atoms with Crippen molar-refractivity contribution >= 4 is 28.9 Å². The Kier molecular flexibility index (Phi) is 2.49. The second-order valence-corrected chi connectivity index (χ2v) is 4.94. The molecule has 17 heavy (non-hydrogen) atoms. The molecule has 1 saturated heterocycles. The summed E-state index contributed by atoms with van der Waals surface area (Å²) in [7, 11) is 2.02. The third-order valence-electron chi connectivity index (χ3n) is 3.38. The highest BCUT2D eigenvalue weighted by Crippen LogP contribution is 2.40. The molecule has 1 aromatic rings. The maximum Gasteiger partial charge on any atom is 0.241 e. The molecule has 0 radical (unpaired) electrons. The van der Waals surface area contributed by atoms with Gasteiger partial charge in [0.15, 0.2) is 0 Å². The summed E-state index contributed by atoms with van der Waals surface area (Å²) >= 11 is 6.22. The number of likely N-dealkylation sites (N-methyl/N-ethyl adjacent to an activating group) is 1. The summed E-state index contributed by atoms with van der Waals surface area (Å²) in [6.45, 7) is 2.06. The molecule has 0 saturated carbocycles. The highest BCUT2D eigenvalue weighted by Gasteiger charge is 2.36. The van der Waals surface area contributed by atoms with Crippen LogP contribution in [0.4, 0.5) is 11.4 Å². The Labute approximate surface area is 105 Å². The standard InChI is InChI=1S/C12H14ClN3O/c1-15-7-8-5-14-6-11(17)16(8)10-4-2-3-9(13)12(10)15/h2-4,8,14H,5-7H2,1H3. The highest BCUT2D eigenvalue weighted by molar-refractivity contribution is 6.34. The van der Waals surface area contributed by atoms with Crippen LogP contribution in [0.1, 0.15) is 0 Å². The van der Waals surface area contributed by atoms with Gasteiger partial charge in [0.05, 0.1) is 29.0 Å². The van der Waals surface area contributed by atoms with Crippen LogP contribution >= 0.6 is 11.6 Å². The number of hydrogen-bond acceptors (Lipinski definition) is 3. The summed E-state index contributed by atoms with van der Waals surface area (Å²) in [5.74, 6) is 0.123. The molecular formula is C12H14ClN3O. The number of anilines is 2. The zero-order valence-electron chi connectivity index (χ0n) is 9.61. The normalized spacial score (nSPS) is 23.4. The predicted molar refractivity (Wildman–Crippen MR) is 68.9 cm³/mol. The van der Waals surface area contributed by atoms with Crippen LogP contribution in [0.25, 0.3) is 0 Å². The second kappa shape index (κ2) is 3.89. The van der Waals surface area contributed by atoms with Crippen LogP contribution in [-0.4, -0.2) is 38.6 Å². The topological polar surface area (TPSA) is 35.6 Å². The van der Waals surface area contributed by atoms with Gasteiger partial charge in [0.2, 0.25) is 5.91 Å². The Morgan fingerprint density at radius 2 is 2.29 bits per heavy atom. The molecule has 0 aliphatic carbocycles.